The Hall–Kier alpha value is -1.61. The van der Waals surface area contributed by atoms with E-state index in [9.17, 15) is 4.79 Å². The van der Waals surface area contributed by atoms with Crippen molar-refractivity contribution in [3.63, 3.8) is 0 Å². The van der Waals surface area contributed by atoms with Crippen LogP contribution in [0.2, 0.25) is 0 Å². The highest BCUT2D eigenvalue weighted by molar-refractivity contribution is 9.10. The van der Waals surface area contributed by atoms with E-state index in [0.29, 0.717) is 11.5 Å². The third kappa shape index (κ3) is 4.43. The summed E-state index contributed by atoms with van der Waals surface area (Å²) in [7, 11) is 0. The number of aryl methyl sites for hydroxylation is 1. The molecule has 0 radical (unpaired) electrons. The first-order valence-corrected chi connectivity index (χ1v) is 7.78. The molecule has 0 N–H and O–H groups in total. The molecule has 0 aliphatic rings. The van der Waals surface area contributed by atoms with Gasteiger partial charge >= 0.3 is 0 Å². The molecule has 0 fully saturated rings. The lowest BCUT2D eigenvalue weighted by Gasteiger charge is -2.11. The predicted octanol–water partition coefficient (Wildman–Crippen LogP) is 5.14. The van der Waals surface area contributed by atoms with Crippen molar-refractivity contribution >= 4 is 21.7 Å². The summed E-state index contributed by atoms with van der Waals surface area (Å²) in [6.45, 7) is 6.38. The van der Waals surface area contributed by atoms with E-state index in [4.69, 9.17) is 4.74 Å². The zero-order valence-electron chi connectivity index (χ0n) is 12.5. The molecule has 2 rings (SSSR count). The van der Waals surface area contributed by atoms with E-state index in [1.807, 2.05) is 31.2 Å². The van der Waals surface area contributed by atoms with Gasteiger partial charge in [-0.05, 0) is 48.2 Å². The molecular formula is C18H19BrO2. The summed E-state index contributed by atoms with van der Waals surface area (Å²) in [5.74, 6) is 1.17. The van der Waals surface area contributed by atoms with E-state index >= 15 is 0 Å². The zero-order valence-corrected chi connectivity index (χ0v) is 14.1. The minimum absolute atomic E-state index is 0.0184. The molecule has 0 atom stereocenters. The zero-order chi connectivity index (χ0) is 15.4. The van der Waals surface area contributed by atoms with E-state index in [1.54, 1.807) is 12.1 Å². The normalized spacial score (nSPS) is 10.7. The summed E-state index contributed by atoms with van der Waals surface area (Å²) in [6, 6.07) is 13.4. The molecule has 110 valence electrons. The number of benzene rings is 2. The maximum Gasteiger partial charge on any atom is 0.200 e. The van der Waals surface area contributed by atoms with Crippen molar-refractivity contribution in [1.82, 2.24) is 0 Å². The van der Waals surface area contributed by atoms with Crippen LogP contribution in [0.5, 0.6) is 5.75 Å². The average Bonchev–Trinajstić information content (AvgIpc) is 2.45. The number of halogens is 1. The minimum Gasteiger partial charge on any atom is -0.485 e. The van der Waals surface area contributed by atoms with Gasteiger partial charge in [0, 0.05) is 10.0 Å². The fourth-order valence-corrected chi connectivity index (χ4v) is 2.33. The first-order valence-electron chi connectivity index (χ1n) is 6.99. The quantitative estimate of drug-likeness (QED) is 0.700. The number of hydrogen-bond donors (Lipinski definition) is 0. The van der Waals surface area contributed by atoms with Crippen LogP contribution in [0.4, 0.5) is 0 Å². The molecule has 0 heterocycles. The molecule has 0 aliphatic carbocycles. The summed E-state index contributed by atoms with van der Waals surface area (Å²) in [6.07, 6.45) is 0. The smallest absolute Gasteiger partial charge is 0.200 e. The molecular weight excluding hydrogens is 328 g/mol. The predicted molar refractivity (Wildman–Crippen MR) is 89.2 cm³/mol. The van der Waals surface area contributed by atoms with Crippen LogP contribution in [0, 0.1) is 6.92 Å². The van der Waals surface area contributed by atoms with Gasteiger partial charge in [0.05, 0.1) is 0 Å². The Kier molecular flexibility index (Phi) is 5.18. The van der Waals surface area contributed by atoms with Crippen molar-refractivity contribution in [3.05, 3.63) is 63.6 Å². The van der Waals surface area contributed by atoms with Gasteiger partial charge in [-0.25, -0.2) is 0 Å². The summed E-state index contributed by atoms with van der Waals surface area (Å²) in [4.78, 5) is 12.1. The number of hydrogen-bond acceptors (Lipinski definition) is 2. The first-order chi connectivity index (χ1) is 9.95. The van der Waals surface area contributed by atoms with E-state index in [0.717, 1.165) is 15.8 Å². The lowest BCUT2D eigenvalue weighted by atomic mass is 10.0. The van der Waals surface area contributed by atoms with Crippen molar-refractivity contribution in [2.24, 2.45) is 0 Å². The summed E-state index contributed by atoms with van der Waals surface area (Å²) >= 11 is 3.36. The Morgan fingerprint density at radius 3 is 2.43 bits per heavy atom. The Morgan fingerprint density at radius 2 is 1.81 bits per heavy atom. The lowest BCUT2D eigenvalue weighted by Crippen LogP contribution is -2.11. The van der Waals surface area contributed by atoms with Crippen LogP contribution in [-0.2, 0) is 0 Å². The van der Waals surface area contributed by atoms with Gasteiger partial charge in [-0.15, -0.1) is 0 Å². The van der Waals surface area contributed by atoms with Gasteiger partial charge in [-0.1, -0.05) is 48.0 Å². The number of carbonyl (C=O) groups is 1. The van der Waals surface area contributed by atoms with Crippen LogP contribution in [0.1, 0.15) is 41.3 Å². The largest absolute Gasteiger partial charge is 0.485 e. The SMILES string of the molecule is Cc1cc(OCC(=O)c2ccc(Br)cc2)cc(C(C)C)c1. The van der Waals surface area contributed by atoms with Crippen molar-refractivity contribution < 1.29 is 9.53 Å². The summed E-state index contributed by atoms with van der Waals surface area (Å²) in [5, 5.41) is 0. The first kappa shape index (κ1) is 15.8. The van der Waals surface area contributed by atoms with Crippen LogP contribution in [0.3, 0.4) is 0 Å². The topological polar surface area (TPSA) is 26.3 Å². The molecule has 0 saturated heterocycles. The van der Waals surface area contributed by atoms with Gasteiger partial charge in [0.25, 0.3) is 0 Å². The second-order valence-corrected chi connectivity index (χ2v) is 6.37. The van der Waals surface area contributed by atoms with Crippen molar-refractivity contribution in [3.8, 4) is 5.75 Å². The number of Topliss-reactive ketones (excluding diaryl/α,β-unsaturated/α-hetero) is 1. The third-order valence-electron chi connectivity index (χ3n) is 3.28. The molecule has 3 heteroatoms. The molecule has 0 bridgehead atoms. The fraction of sp³-hybridized carbons (Fsp3) is 0.278. The van der Waals surface area contributed by atoms with Crippen molar-refractivity contribution in [1.29, 1.82) is 0 Å². The molecule has 0 unspecified atom stereocenters. The van der Waals surface area contributed by atoms with Gasteiger partial charge in [-0.3, -0.25) is 4.79 Å². The van der Waals surface area contributed by atoms with E-state index in [2.05, 4.69) is 35.8 Å². The number of ketones is 1. The lowest BCUT2D eigenvalue weighted by molar-refractivity contribution is 0.0921. The molecule has 0 amide bonds. The maximum atomic E-state index is 12.1. The van der Waals surface area contributed by atoms with Gasteiger partial charge in [0.1, 0.15) is 5.75 Å². The van der Waals surface area contributed by atoms with Crippen LogP contribution in [0.25, 0.3) is 0 Å². The monoisotopic (exact) mass is 346 g/mol. The highest BCUT2D eigenvalue weighted by atomic mass is 79.9. The Labute approximate surface area is 134 Å². The minimum atomic E-state index is -0.0184. The van der Waals surface area contributed by atoms with Crippen LogP contribution < -0.4 is 4.74 Å². The third-order valence-corrected chi connectivity index (χ3v) is 3.80. The van der Waals surface area contributed by atoms with E-state index in [1.165, 1.54) is 5.56 Å². The second-order valence-electron chi connectivity index (χ2n) is 5.45. The van der Waals surface area contributed by atoms with Gasteiger partial charge in [-0.2, -0.15) is 0 Å². The number of rotatable bonds is 5. The summed E-state index contributed by atoms with van der Waals surface area (Å²) in [5.41, 5.74) is 3.03. The van der Waals surface area contributed by atoms with Crippen LogP contribution in [0.15, 0.2) is 46.9 Å². The Bertz CT molecular complexity index is 630. The Balaban J connectivity index is 2.05. The van der Waals surface area contributed by atoms with Gasteiger partial charge < -0.3 is 4.74 Å². The average molecular weight is 347 g/mol. The Morgan fingerprint density at radius 1 is 1.14 bits per heavy atom. The van der Waals surface area contributed by atoms with Crippen LogP contribution >= 0.6 is 15.9 Å². The highest BCUT2D eigenvalue weighted by Crippen LogP contribution is 2.23. The molecule has 0 spiro atoms. The second kappa shape index (κ2) is 6.90. The fourth-order valence-electron chi connectivity index (χ4n) is 2.06. The molecule has 0 saturated carbocycles. The molecule has 0 aliphatic heterocycles. The van der Waals surface area contributed by atoms with Crippen molar-refractivity contribution in [2.45, 2.75) is 26.7 Å². The standard InChI is InChI=1S/C18H19BrO2/c1-12(2)15-8-13(3)9-17(10-15)21-11-18(20)14-4-6-16(19)7-5-14/h4-10,12H,11H2,1-3H3. The van der Waals surface area contributed by atoms with E-state index in [-0.39, 0.29) is 12.4 Å². The maximum absolute atomic E-state index is 12.1. The highest BCUT2D eigenvalue weighted by Gasteiger charge is 2.08. The molecule has 2 aromatic rings. The molecule has 21 heavy (non-hydrogen) atoms. The van der Waals surface area contributed by atoms with Gasteiger partial charge in [0.15, 0.2) is 12.4 Å². The van der Waals surface area contributed by atoms with Gasteiger partial charge in [0.2, 0.25) is 0 Å². The molecule has 2 aromatic carbocycles. The number of carbonyl (C=O) groups excluding carboxylic acids is 1. The number of ether oxygens (including phenoxy) is 1. The molecule has 2 nitrogen and oxygen atoms in total. The molecule has 0 aromatic heterocycles. The van der Waals surface area contributed by atoms with Crippen molar-refractivity contribution in [2.75, 3.05) is 6.61 Å². The van der Waals surface area contributed by atoms with E-state index < -0.39 is 0 Å². The summed E-state index contributed by atoms with van der Waals surface area (Å²) < 4.78 is 6.62. The van der Waals surface area contributed by atoms with Crippen LogP contribution in [-0.4, -0.2) is 12.4 Å².